The number of ether oxygens (including phenoxy) is 1. The zero-order valence-corrected chi connectivity index (χ0v) is 8.43. The van der Waals surface area contributed by atoms with Gasteiger partial charge in [-0.25, -0.2) is 9.37 Å². The Morgan fingerprint density at radius 1 is 1.60 bits per heavy atom. The van der Waals surface area contributed by atoms with Crippen LogP contribution in [0.2, 0.25) is 0 Å². The lowest BCUT2D eigenvalue weighted by Gasteiger charge is -2.25. The summed E-state index contributed by atoms with van der Waals surface area (Å²) in [5, 5.41) is 0. The third-order valence-electron chi connectivity index (χ3n) is 2.50. The number of alkyl halides is 1. The molecule has 0 aromatic carbocycles. The van der Waals surface area contributed by atoms with E-state index < -0.39 is 6.17 Å². The minimum Gasteiger partial charge on any atom is -0.376 e. The maximum absolute atomic E-state index is 13.4. The Kier molecular flexibility index (Phi) is 2.68. The summed E-state index contributed by atoms with van der Waals surface area (Å²) in [5.74, 6) is 0.800. The lowest BCUT2D eigenvalue weighted by atomic mass is 10.2. The number of hydrogen-bond acceptors (Lipinski definition) is 5. The molecule has 0 amide bonds. The third kappa shape index (κ3) is 1.99. The summed E-state index contributed by atoms with van der Waals surface area (Å²) in [4.78, 5) is 9.54. The summed E-state index contributed by atoms with van der Waals surface area (Å²) in [5.41, 5.74) is 5.46. The molecule has 82 valence electrons. The van der Waals surface area contributed by atoms with E-state index in [0.29, 0.717) is 12.4 Å². The highest BCUT2D eigenvalue weighted by atomic mass is 19.1. The quantitative estimate of drug-likeness (QED) is 0.760. The Morgan fingerprint density at radius 3 is 3.00 bits per heavy atom. The van der Waals surface area contributed by atoms with Gasteiger partial charge in [-0.3, -0.25) is 0 Å². The summed E-state index contributed by atoms with van der Waals surface area (Å²) in [6.07, 6.45) is 0.572. The zero-order valence-electron chi connectivity index (χ0n) is 8.43. The van der Waals surface area contributed by atoms with Gasteiger partial charge in [0.25, 0.3) is 0 Å². The van der Waals surface area contributed by atoms with E-state index in [0.717, 1.165) is 0 Å². The molecule has 1 saturated heterocycles. The van der Waals surface area contributed by atoms with Crippen LogP contribution in [0.15, 0.2) is 12.3 Å². The van der Waals surface area contributed by atoms with Gasteiger partial charge in [0.1, 0.15) is 12.0 Å². The van der Waals surface area contributed by atoms with Crippen LogP contribution in [-0.2, 0) is 4.74 Å². The van der Waals surface area contributed by atoms with E-state index in [1.165, 1.54) is 0 Å². The number of nitrogen functional groups attached to an aromatic ring is 1. The number of halogens is 1. The molecule has 1 aliphatic heterocycles. The number of anilines is 2. The van der Waals surface area contributed by atoms with Crippen LogP contribution in [0.1, 0.15) is 0 Å². The first kappa shape index (κ1) is 10.1. The normalized spacial score (nSPS) is 25.5. The first-order chi connectivity index (χ1) is 7.18. The van der Waals surface area contributed by atoms with Crippen molar-refractivity contribution in [3.8, 4) is 0 Å². The Labute approximate surface area is 87.1 Å². The number of rotatable bonds is 2. The van der Waals surface area contributed by atoms with E-state index in [9.17, 15) is 4.39 Å². The lowest BCUT2D eigenvalue weighted by Crippen LogP contribution is -2.39. The van der Waals surface area contributed by atoms with E-state index in [1.54, 1.807) is 24.2 Å². The van der Waals surface area contributed by atoms with Crippen molar-refractivity contribution >= 4 is 11.8 Å². The van der Waals surface area contributed by atoms with Crippen LogP contribution in [0.3, 0.4) is 0 Å². The molecular formula is C9H13FN4O. The molecule has 2 heterocycles. The second-order valence-corrected chi connectivity index (χ2v) is 3.50. The number of nitrogens with zero attached hydrogens (tertiary/aromatic N) is 3. The van der Waals surface area contributed by atoms with Crippen molar-refractivity contribution in [2.45, 2.75) is 12.2 Å². The highest BCUT2D eigenvalue weighted by molar-refractivity contribution is 5.41. The minimum atomic E-state index is -0.980. The van der Waals surface area contributed by atoms with Gasteiger partial charge in [0.15, 0.2) is 0 Å². The van der Waals surface area contributed by atoms with Crippen molar-refractivity contribution in [1.29, 1.82) is 0 Å². The molecule has 5 nitrogen and oxygen atoms in total. The van der Waals surface area contributed by atoms with Crippen molar-refractivity contribution in [1.82, 2.24) is 9.97 Å². The van der Waals surface area contributed by atoms with Crippen LogP contribution < -0.4 is 10.6 Å². The predicted octanol–water partition coefficient (Wildman–Crippen LogP) is 0.232. The van der Waals surface area contributed by atoms with Gasteiger partial charge < -0.3 is 15.4 Å². The topological polar surface area (TPSA) is 64.3 Å². The minimum absolute atomic E-state index is 0.148. The average molecular weight is 212 g/mol. The van der Waals surface area contributed by atoms with Gasteiger partial charge in [-0.2, -0.15) is 4.98 Å². The van der Waals surface area contributed by atoms with Gasteiger partial charge in [0.05, 0.1) is 19.3 Å². The smallest absolute Gasteiger partial charge is 0.221 e. The first-order valence-electron chi connectivity index (χ1n) is 4.71. The fourth-order valence-corrected chi connectivity index (χ4v) is 1.60. The number of likely N-dealkylation sites (N-methyl/N-ethyl adjacent to an activating group) is 1. The van der Waals surface area contributed by atoms with E-state index in [1.807, 2.05) is 0 Å². The maximum atomic E-state index is 13.4. The van der Waals surface area contributed by atoms with Gasteiger partial charge in [0.2, 0.25) is 5.95 Å². The van der Waals surface area contributed by atoms with Crippen molar-refractivity contribution in [2.75, 3.05) is 30.9 Å². The first-order valence-corrected chi connectivity index (χ1v) is 4.71. The van der Waals surface area contributed by atoms with Crippen LogP contribution in [0.25, 0.3) is 0 Å². The Hall–Kier alpha value is -1.43. The van der Waals surface area contributed by atoms with Crippen LogP contribution in [0, 0.1) is 0 Å². The van der Waals surface area contributed by atoms with E-state index in [2.05, 4.69) is 9.97 Å². The average Bonchev–Trinajstić information content (AvgIpc) is 2.63. The molecule has 1 aromatic heterocycles. The Balaban J connectivity index is 2.16. The third-order valence-corrected chi connectivity index (χ3v) is 2.50. The molecule has 2 rings (SSSR count). The van der Waals surface area contributed by atoms with Crippen LogP contribution in [0.5, 0.6) is 0 Å². The predicted molar refractivity (Wildman–Crippen MR) is 54.4 cm³/mol. The molecular weight excluding hydrogens is 199 g/mol. The van der Waals surface area contributed by atoms with E-state index in [4.69, 9.17) is 10.5 Å². The van der Waals surface area contributed by atoms with Gasteiger partial charge in [-0.15, -0.1) is 0 Å². The summed E-state index contributed by atoms with van der Waals surface area (Å²) < 4.78 is 18.4. The molecule has 0 bridgehead atoms. The molecule has 0 radical (unpaired) electrons. The van der Waals surface area contributed by atoms with Crippen molar-refractivity contribution < 1.29 is 9.13 Å². The Bertz CT molecular complexity index is 349. The van der Waals surface area contributed by atoms with Crippen molar-refractivity contribution in [2.24, 2.45) is 0 Å². The molecule has 1 aliphatic rings. The van der Waals surface area contributed by atoms with Gasteiger partial charge >= 0.3 is 0 Å². The van der Waals surface area contributed by atoms with Crippen LogP contribution in [-0.4, -0.2) is 42.4 Å². The van der Waals surface area contributed by atoms with Crippen molar-refractivity contribution in [3.63, 3.8) is 0 Å². The number of nitrogens with two attached hydrogens (primary N) is 1. The SMILES string of the molecule is CN(c1ccnc(N)n1)[C@@H]1COC[C@H]1F. The summed E-state index contributed by atoms with van der Waals surface area (Å²) in [6.45, 7) is 0.525. The molecule has 1 fully saturated rings. The van der Waals surface area contributed by atoms with Crippen molar-refractivity contribution in [3.05, 3.63) is 12.3 Å². The zero-order chi connectivity index (χ0) is 10.8. The molecule has 0 aliphatic carbocycles. The fraction of sp³-hybridized carbons (Fsp3) is 0.556. The second kappa shape index (κ2) is 3.98. The largest absolute Gasteiger partial charge is 0.376 e. The van der Waals surface area contributed by atoms with Gasteiger partial charge in [-0.1, -0.05) is 0 Å². The maximum Gasteiger partial charge on any atom is 0.221 e. The van der Waals surface area contributed by atoms with Gasteiger partial charge in [0, 0.05) is 13.2 Å². The van der Waals surface area contributed by atoms with Crippen LogP contribution >= 0.6 is 0 Å². The monoisotopic (exact) mass is 212 g/mol. The molecule has 15 heavy (non-hydrogen) atoms. The molecule has 0 spiro atoms. The molecule has 2 N–H and O–H groups in total. The standard InChI is InChI=1S/C9H13FN4O/c1-14(7-5-15-4-6(7)10)8-2-3-12-9(11)13-8/h2-3,6-7H,4-5H2,1H3,(H2,11,12,13)/t6-,7-/m1/s1. The molecule has 1 aromatic rings. The van der Waals surface area contributed by atoms with E-state index >= 15 is 0 Å². The molecule has 2 atom stereocenters. The number of hydrogen-bond donors (Lipinski definition) is 1. The summed E-state index contributed by atoms with van der Waals surface area (Å²) >= 11 is 0. The lowest BCUT2D eigenvalue weighted by molar-refractivity contribution is 0.173. The second-order valence-electron chi connectivity index (χ2n) is 3.50. The Morgan fingerprint density at radius 2 is 2.40 bits per heavy atom. The molecule has 6 heteroatoms. The van der Waals surface area contributed by atoms with Crippen LogP contribution in [0.4, 0.5) is 16.2 Å². The summed E-state index contributed by atoms with van der Waals surface area (Å²) in [6, 6.07) is 1.40. The highest BCUT2D eigenvalue weighted by Gasteiger charge is 2.32. The van der Waals surface area contributed by atoms with E-state index in [-0.39, 0.29) is 18.6 Å². The molecule has 0 saturated carbocycles. The summed E-state index contributed by atoms with van der Waals surface area (Å²) in [7, 11) is 1.77. The fourth-order valence-electron chi connectivity index (χ4n) is 1.60. The number of aromatic nitrogens is 2. The van der Waals surface area contributed by atoms with Gasteiger partial charge in [-0.05, 0) is 6.07 Å². The highest BCUT2D eigenvalue weighted by Crippen LogP contribution is 2.20. The molecule has 0 unspecified atom stereocenters.